The zero-order valence-corrected chi connectivity index (χ0v) is 22.0. The molecule has 0 radical (unpaired) electrons. The second kappa shape index (κ2) is 12.0. The van der Waals surface area contributed by atoms with E-state index in [1.165, 1.54) is 32.4 Å². The molecule has 9 nitrogen and oxygen atoms in total. The number of carbonyl (C=O) groups excluding carboxylic acids is 2. The number of aliphatic hydroxyl groups excluding tert-OH is 1. The lowest BCUT2D eigenvalue weighted by atomic mass is 9.92. The summed E-state index contributed by atoms with van der Waals surface area (Å²) in [6.07, 6.45) is 6.82. The molecule has 1 fully saturated rings. The van der Waals surface area contributed by atoms with Crippen LogP contribution < -0.4 is 14.2 Å². The van der Waals surface area contributed by atoms with Crippen molar-refractivity contribution in [2.24, 2.45) is 5.41 Å². The number of phenolic OH excluding ortho intramolecular Hbond substituents is 1. The SMILES string of the molecule is COc1cc(/C=C/C(O)=C/C(=O)/C=C/c2ccc(OC(=O)C3(C)COC(C)(C)OC3)c(OC)c2)ccc1O. The van der Waals surface area contributed by atoms with Crippen molar-refractivity contribution in [2.75, 3.05) is 27.4 Å². The number of allylic oxidation sites excluding steroid dienone is 3. The van der Waals surface area contributed by atoms with Crippen LogP contribution in [0, 0.1) is 5.41 Å². The first-order valence-corrected chi connectivity index (χ1v) is 11.8. The van der Waals surface area contributed by atoms with Gasteiger partial charge in [-0.25, -0.2) is 0 Å². The van der Waals surface area contributed by atoms with E-state index < -0.39 is 23.0 Å². The van der Waals surface area contributed by atoms with E-state index in [4.69, 9.17) is 23.7 Å². The topological polar surface area (TPSA) is 121 Å². The Hall–Kier alpha value is -4.08. The molecule has 0 bridgehead atoms. The molecule has 0 aliphatic carbocycles. The summed E-state index contributed by atoms with van der Waals surface area (Å²) in [6, 6.07) is 9.54. The first kappa shape index (κ1) is 28.5. The summed E-state index contributed by atoms with van der Waals surface area (Å²) in [5.41, 5.74) is 0.312. The first-order chi connectivity index (χ1) is 17.9. The average Bonchev–Trinajstić information content (AvgIpc) is 2.89. The number of benzene rings is 2. The highest BCUT2D eigenvalue weighted by molar-refractivity contribution is 6.02. The lowest BCUT2D eigenvalue weighted by molar-refractivity contribution is -0.279. The molecule has 0 atom stereocenters. The Labute approximate surface area is 221 Å². The molecule has 1 aliphatic rings. The molecule has 0 saturated carbocycles. The number of hydrogen-bond acceptors (Lipinski definition) is 9. The summed E-state index contributed by atoms with van der Waals surface area (Å²) in [5, 5.41) is 19.7. The predicted octanol–water partition coefficient (Wildman–Crippen LogP) is 4.84. The minimum absolute atomic E-state index is 0.000573. The van der Waals surface area contributed by atoms with Crippen LogP contribution in [-0.2, 0) is 19.1 Å². The van der Waals surface area contributed by atoms with Gasteiger partial charge in [-0.3, -0.25) is 9.59 Å². The van der Waals surface area contributed by atoms with E-state index in [0.29, 0.717) is 22.6 Å². The maximum Gasteiger partial charge on any atom is 0.322 e. The van der Waals surface area contributed by atoms with Gasteiger partial charge in [-0.1, -0.05) is 24.3 Å². The fourth-order valence-corrected chi connectivity index (χ4v) is 3.36. The number of aromatic hydroxyl groups is 1. The number of aliphatic hydroxyl groups is 1. The van der Waals surface area contributed by atoms with Gasteiger partial charge >= 0.3 is 5.97 Å². The van der Waals surface area contributed by atoms with Crippen LogP contribution in [0.3, 0.4) is 0 Å². The van der Waals surface area contributed by atoms with Gasteiger partial charge in [0.05, 0.1) is 27.4 Å². The first-order valence-electron chi connectivity index (χ1n) is 11.8. The number of carbonyl (C=O) groups is 2. The van der Waals surface area contributed by atoms with Gasteiger partial charge in [0.25, 0.3) is 0 Å². The third-order valence-electron chi connectivity index (χ3n) is 5.74. The number of rotatable bonds is 9. The number of ether oxygens (including phenoxy) is 5. The van der Waals surface area contributed by atoms with Crippen LogP contribution in [0.5, 0.6) is 23.0 Å². The summed E-state index contributed by atoms with van der Waals surface area (Å²) >= 11 is 0. The quantitative estimate of drug-likeness (QED) is 0.156. The molecular weight excluding hydrogens is 492 g/mol. The fraction of sp³-hybridized carbons (Fsp3) is 0.310. The number of phenols is 1. The molecule has 1 aliphatic heterocycles. The summed E-state index contributed by atoms with van der Waals surface area (Å²) in [5.74, 6) is -1.14. The molecule has 1 heterocycles. The maximum atomic E-state index is 12.8. The zero-order chi connectivity index (χ0) is 27.9. The maximum absolute atomic E-state index is 12.8. The largest absolute Gasteiger partial charge is 0.508 e. The van der Waals surface area contributed by atoms with Crippen LogP contribution in [0.25, 0.3) is 12.2 Å². The highest BCUT2D eigenvalue weighted by Crippen LogP contribution is 2.34. The summed E-state index contributed by atoms with van der Waals surface area (Å²) < 4.78 is 27.2. The van der Waals surface area contributed by atoms with Gasteiger partial charge in [0.1, 0.15) is 11.2 Å². The molecule has 0 spiro atoms. The third kappa shape index (κ3) is 7.47. The second-order valence-electron chi connectivity index (χ2n) is 9.41. The molecule has 3 rings (SSSR count). The monoisotopic (exact) mass is 524 g/mol. The normalized spacial score (nSPS) is 16.9. The van der Waals surface area contributed by atoms with E-state index >= 15 is 0 Å². The summed E-state index contributed by atoms with van der Waals surface area (Å²) in [6.45, 7) is 5.58. The number of ketones is 1. The van der Waals surface area contributed by atoms with E-state index in [-0.39, 0.29) is 30.5 Å². The van der Waals surface area contributed by atoms with Gasteiger partial charge in [-0.05, 0) is 68.3 Å². The van der Waals surface area contributed by atoms with Crippen LogP contribution in [0.2, 0.25) is 0 Å². The Kier molecular flexibility index (Phi) is 8.98. The van der Waals surface area contributed by atoms with Crippen LogP contribution in [0.1, 0.15) is 31.9 Å². The van der Waals surface area contributed by atoms with Crippen molar-refractivity contribution in [3.8, 4) is 23.0 Å². The lowest BCUT2D eigenvalue weighted by Crippen LogP contribution is -2.50. The van der Waals surface area contributed by atoms with Gasteiger partial charge < -0.3 is 33.9 Å². The van der Waals surface area contributed by atoms with E-state index in [9.17, 15) is 19.8 Å². The molecule has 2 N–H and O–H groups in total. The number of esters is 1. The molecule has 2 aromatic rings. The van der Waals surface area contributed by atoms with E-state index in [0.717, 1.165) is 6.08 Å². The van der Waals surface area contributed by atoms with Crippen LogP contribution in [0.15, 0.2) is 60.4 Å². The predicted molar refractivity (Wildman–Crippen MR) is 141 cm³/mol. The Morgan fingerprint density at radius 1 is 0.868 bits per heavy atom. The van der Waals surface area contributed by atoms with E-state index in [1.807, 2.05) is 0 Å². The second-order valence-corrected chi connectivity index (χ2v) is 9.41. The van der Waals surface area contributed by atoms with Gasteiger partial charge in [0.2, 0.25) is 0 Å². The Balaban J connectivity index is 1.64. The Morgan fingerprint density at radius 2 is 1.45 bits per heavy atom. The van der Waals surface area contributed by atoms with Crippen molar-refractivity contribution in [3.05, 3.63) is 71.5 Å². The van der Waals surface area contributed by atoms with E-state index in [1.54, 1.807) is 63.3 Å². The van der Waals surface area contributed by atoms with Crippen molar-refractivity contribution in [3.63, 3.8) is 0 Å². The highest BCUT2D eigenvalue weighted by Gasteiger charge is 2.43. The molecule has 2 aromatic carbocycles. The van der Waals surface area contributed by atoms with Crippen molar-refractivity contribution in [2.45, 2.75) is 26.6 Å². The third-order valence-corrected chi connectivity index (χ3v) is 5.74. The molecule has 202 valence electrons. The molecule has 38 heavy (non-hydrogen) atoms. The van der Waals surface area contributed by atoms with Gasteiger partial charge in [0, 0.05) is 6.08 Å². The molecule has 0 amide bonds. The fourth-order valence-electron chi connectivity index (χ4n) is 3.36. The van der Waals surface area contributed by atoms with Crippen molar-refractivity contribution >= 4 is 23.9 Å². The average molecular weight is 525 g/mol. The van der Waals surface area contributed by atoms with Crippen LogP contribution in [-0.4, -0.2) is 55.2 Å². The summed E-state index contributed by atoms with van der Waals surface area (Å²) in [4.78, 5) is 25.1. The Bertz CT molecular complexity index is 1260. The smallest absolute Gasteiger partial charge is 0.322 e. The van der Waals surface area contributed by atoms with Crippen LogP contribution in [0.4, 0.5) is 0 Å². The standard InChI is InChI=1S/C29H32O9/c1-28(2)36-17-29(3,18-37-28)27(33)38-24-13-9-20(15-26(24)35-5)7-11-22(31)16-21(30)10-6-19-8-12-23(32)25(14-19)34-4/h6-16,30,32H,17-18H2,1-5H3/b10-6+,11-7+,21-16-. The lowest BCUT2D eigenvalue weighted by Gasteiger charge is -2.39. The number of methoxy groups -OCH3 is 2. The minimum atomic E-state index is -0.970. The molecule has 0 aromatic heterocycles. The van der Waals surface area contributed by atoms with E-state index in [2.05, 4.69) is 0 Å². The highest BCUT2D eigenvalue weighted by atomic mass is 16.7. The van der Waals surface area contributed by atoms with Crippen molar-refractivity contribution in [1.29, 1.82) is 0 Å². The molecule has 0 unspecified atom stereocenters. The van der Waals surface area contributed by atoms with Gasteiger partial charge in [0.15, 0.2) is 34.6 Å². The molecular formula is C29H32O9. The molecule has 9 heteroatoms. The van der Waals surface area contributed by atoms with Crippen LogP contribution >= 0.6 is 0 Å². The zero-order valence-electron chi connectivity index (χ0n) is 22.0. The Morgan fingerprint density at radius 3 is 2.08 bits per heavy atom. The molecule has 1 saturated heterocycles. The van der Waals surface area contributed by atoms with Gasteiger partial charge in [-0.2, -0.15) is 0 Å². The summed E-state index contributed by atoms with van der Waals surface area (Å²) in [7, 11) is 2.88. The minimum Gasteiger partial charge on any atom is -0.508 e. The van der Waals surface area contributed by atoms with Crippen molar-refractivity contribution in [1.82, 2.24) is 0 Å². The van der Waals surface area contributed by atoms with Crippen molar-refractivity contribution < 1.29 is 43.5 Å². The number of hydrogen-bond donors (Lipinski definition) is 2. The van der Waals surface area contributed by atoms with Gasteiger partial charge in [-0.15, -0.1) is 0 Å².